The molecule has 2 nitrogen and oxygen atoms in total. The van der Waals surface area contributed by atoms with Crippen molar-refractivity contribution in [1.82, 2.24) is 5.32 Å². The molecule has 0 amide bonds. The second-order valence-corrected chi connectivity index (χ2v) is 6.14. The Morgan fingerprint density at radius 2 is 2.18 bits per heavy atom. The van der Waals surface area contributed by atoms with Crippen molar-refractivity contribution in [2.24, 2.45) is 5.92 Å². The molecule has 0 aliphatic heterocycles. The summed E-state index contributed by atoms with van der Waals surface area (Å²) in [6.07, 6.45) is 2.48. The third-order valence-corrected chi connectivity index (χ3v) is 4.62. The van der Waals surface area contributed by atoms with Crippen LogP contribution in [0.4, 0.5) is 0 Å². The maximum absolute atomic E-state index is 9.50. The van der Waals surface area contributed by atoms with Crippen LogP contribution in [0.25, 0.3) is 0 Å². The normalized spacial score (nSPS) is 19.1. The molecule has 0 heterocycles. The second-order valence-electron chi connectivity index (χ2n) is 5.29. The molecule has 94 valence electrons. The summed E-state index contributed by atoms with van der Waals surface area (Å²) in [5.41, 5.74) is 2.41. The number of hydrogen-bond acceptors (Lipinski definition) is 2. The number of hydrogen-bond donors (Lipinski definition) is 2. The lowest BCUT2D eigenvalue weighted by atomic mass is 9.96. The van der Waals surface area contributed by atoms with Gasteiger partial charge in [-0.2, -0.15) is 0 Å². The molecule has 0 aromatic heterocycles. The standard InChI is InChI=1S/C14H20BrNO/c1-10-7-11(3-6-13(10)15)8-16-14(2,9-17)12-4-5-12/h3,6-7,12,16-17H,4-5,8-9H2,1-2H3. The average Bonchev–Trinajstić information content (AvgIpc) is 3.14. The minimum atomic E-state index is -0.110. The zero-order valence-electron chi connectivity index (χ0n) is 10.5. The van der Waals surface area contributed by atoms with Crippen LogP contribution in [0.2, 0.25) is 0 Å². The fourth-order valence-electron chi connectivity index (χ4n) is 2.17. The van der Waals surface area contributed by atoms with E-state index < -0.39 is 0 Å². The van der Waals surface area contributed by atoms with Crippen molar-refractivity contribution < 1.29 is 5.11 Å². The molecular formula is C14H20BrNO. The van der Waals surface area contributed by atoms with Gasteiger partial charge in [-0.1, -0.05) is 28.1 Å². The van der Waals surface area contributed by atoms with E-state index in [0.29, 0.717) is 5.92 Å². The highest BCUT2D eigenvalue weighted by Gasteiger charge is 2.40. The van der Waals surface area contributed by atoms with Crippen LogP contribution in [0, 0.1) is 12.8 Å². The topological polar surface area (TPSA) is 32.3 Å². The van der Waals surface area contributed by atoms with Gasteiger partial charge in [0.1, 0.15) is 0 Å². The van der Waals surface area contributed by atoms with Crippen LogP contribution in [0.1, 0.15) is 30.9 Å². The zero-order chi connectivity index (χ0) is 12.5. The van der Waals surface area contributed by atoms with Gasteiger partial charge in [-0.25, -0.2) is 0 Å². The summed E-state index contributed by atoms with van der Waals surface area (Å²) < 4.78 is 1.15. The van der Waals surface area contributed by atoms with Crippen molar-refractivity contribution in [2.75, 3.05) is 6.61 Å². The fourth-order valence-corrected chi connectivity index (χ4v) is 2.42. The number of nitrogens with one attached hydrogen (secondary N) is 1. The average molecular weight is 298 g/mol. The van der Waals surface area contributed by atoms with Gasteiger partial charge in [0.05, 0.1) is 6.61 Å². The van der Waals surface area contributed by atoms with Crippen LogP contribution in [-0.2, 0) is 6.54 Å². The number of benzene rings is 1. The van der Waals surface area contributed by atoms with Crippen LogP contribution < -0.4 is 5.32 Å². The maximum atomic E-state index is 9.50. The van der Waals surface area contributed by atoms with Crippen molar-refractivity contribution >= 4 is 15.9 Å². The van der Waals surface area contributed by atoms with E-state index in [1.54, 1.807) is 0 Å². The maximum Gasteiger partial charge on any atom is 0.0613 e. The van der Waals surface area contributed by atoms with Gasteiger partial charge < -0.3 is 10.4 Å². The van der Waals surface area contributed by atoms with Gasteiger partial charge in [0.2, 0.25) is 0 Å². The summed E-state index contributed by atoms with van der Waals surface area (Å²) in [5.74, 6) is 0.643. The second kappa shape index (κ2) is 5.09. The molecule has 1 aliphatic carbocycles. The SMILES string of the molecule is Cc1cc(CNC(C)(CO)C2CC2)ccc1Br. The van der Waals surface area contributed by atoms with Gasteiger partial charge in [0.15, 0.2) is 0 Å². The highest BCUT2D eigenvalue weighted by Crippen LogP contribution is 2.39. The summed E-state index contributed by atoms with van der Waals surface area (Å²) in [5, 5.41) is 13.0. The number of aliphatic hydroxyl groups is 1. The van der Waals surface area contributed by atoms with Gasteiger partial charge in [0.25, 0.3) is 0 Å². The Morgan fingerprint density at radius 3 is 2.71 bits per heavy atom. The first kappa shape index (κ1) is 13.1. The summed E-state index contributed by atoms with van der Waals surface area (Å²) in [4.78, 5) is 0. The number of aryl methyl sites for hydroxylation is 1. The third kappa shape index (κ3) is 3.09. The van der Waals surface area contributed by atoms with Gasteiger partial charge in [0, 0.05) is 16.6 Å². The predicted molar refractivity (Wildman–Crippen MR) is 73.9 cm³/mol. The molecule has 0 saturated heterocycles. The highest BCUT2D eigenvalue weighted by molar-refractivity contribution is 9.10. The van der Waals surface area contributed by atoms with Crippen LogP contribution >= 0.6 is 15.9 Å². The molecule has 1 aromatic rings. The van der Waals surface area contributed by atoms with Crippen molar-refractivity contribution in [1.29, 1.82) is 0 Å². The first-order chi connectivity index (χ1) is 8.05. The molecule has 2 rings (SSSR count). The van der Waals surface area contributed by atoms with Gasteiger partial charge in [-0.05, 0) is 49.8 Å². The number of aliphatic hydroxyl groups excluding tert-OH is 1. The fraction of sp³-hybridized carbons (Fsp3) is 0.571. The molecular weight excluding hydrogens is 278 g/mol. The van der Waals surface area contributed by atoms with Gasteiger partial charge in [-0.3, -0.25) is 0 Å². The predicted octanol–water partition coefficient (Wildman–Crippen LogP) is 3.01. The monoisotopic (exact) mass is 297 g/mol. The molecule has 2 N–H and O–H groups in total. The third-order valence-electron chi connectivity index (χ3n) is 3.73. The van der Waals surface area contributed by atoms with Gasteiger partial charge >= 0.3 is 0 Å². The Morgan fingerprint density at radius 1 is 1.47 bits per heavy atom. The molecule has 0 radical (unpaired) electrons. The van der Waals surface area contributed by atoms with E-state index in [1.165, 1.54) is 24.0 Å². The molecule has 0 bridgehead atoms. The molecule has 1 unspecified atom stereocenters. The Balaban J connectivity index is 1.98. The van der Waals surface area contributed by atoms with Crippen molar-refractivity contribution in [3.63, 3.8) is 0 Å². The molecule has 1 atom stereocenters. The Kier molecular flexibility index (Phi) is 3.91. The minimum absolute atomic E-state index is 0.110. The number of rotatable bonds is 5. The smallest absolute Gasteiger partial charge is 0.0613 e. The summed E-state index contributed by atoms with van der Waals surface area (Å²) >= 11 is 3.51. The van der Waals surface area contributed by atoms with E-state index in [2.05, 4.69) is 53.3 Å². The van der Waals surface area contributed by atoms with Crippen LogP contribution in [0.15, 0.2) is 22.7 Å². The van der Waals surface area contributed by atoms with Crippen molar-refractivity contribution in [3.05, 3.63) is 33.8 Å². The Bertz CT molecular complexity index is 403. The van der Waals surface area contributed by atoms with Crippen molar-refractivity contribution in [2.45, 2.75) is 38.8 Å². The summed E-state index contributed by atoms with van der Waals surface area (Å²) in [6.45, 7) is 5.25. The molecule has 3 heteroatoms. The molecule has 1 fully saturated rings. The van der Waals surface area contributed by atoms with E-state index >= 15 is 0 Å². The molecule has 1 aromatic carbocycles. The van der Waals surface area contributed by atoms with E-state index in [0.717, 1.165) is 11.0 Å². The quantitative estimate of drug-likeness (QED) is 0.876. The minimum Gasteiger partial charge on any atom is -0.394 e. The molecule has 0 spiro atoms. The van der Waals surface area contributed by atoms with Crippen LogP contribution in [0.3, 0.4) is 0 Å². The van der Waals surface area contributed by atoms with E-state index in [9.17, 15) is 5.11 Å². The lowest BCUT2D eigenvalue weighted by Gasteiger charge is -2.29. The first-order valence-electron chi connectivity index (χ1n) is 6.16. The highest BCUT2D eigenvalue weighted by atomic mass is 79.9. The molecule has 1 saturated carbocycles. The molecule has 17 heavy (non-hydrogen) atoms. The van der Waals surface area contributed by atoms with Gasteiger partial charge in [-0.15, -0.1) is 0 Å². The van der Waals surface area contributed by atoms with E-state index in [4.69, 9.17) is 0 Å². The lowest BCUT2D eigenvalue weighted by molar-refractivity contribution is 0.153. The van der Waals surface area contributed by atoms with Crippen LogP contribution in [0.5, 0.6) is 0 Å². The van der Waals surface area contributed by atoms with E-state index in [-0.39, 0.29) is 12.1 Å². The first-order valence-corrected chi connectivity index (χ1v) is 6.95. The largest absolute Gasteiger partial charge is 0.394 e. The lowest BCUT2D eigenvalue weighted by Crippen LogP contribution is -2.47. The zero-order valence-corrected chi connectivity index (χ0v) is 12.0. The Labute approximate surface area is 112 Å². The summed E-state index contributed by atoms with van der Waals surface area (Å²) in [6, 6.07) is 6.39. The molecule has 1 aliphatic rings. The number of halogens is 1. The van der Waals surface area contributed by atoms with Crippen molar-refractivity contribution in [3.8, 4) is 0 Å². The Hall–Kier alpha value is -0.380. The van der Waals surface area contributed by atoms with Crippen LogP contribution in [-0.4, -0.2) is 17.3 Å². The summed E-state index contributed by atoms with van der Waals surface area (Å²) in [7, 11) is 0. The van der Waals surface area contributed by atoms with E-state index in [1.807, 2.05) is 0 Å².